The highest BCUT2D eigenvalue weighted by Crippen LogP contribution is 2.42. The number of rotatable bonds is 6. The van der Waals surface area contributed by atoms with Crippen molar-refractivity contribution in [2.24, 2.45) is 0 Å². The molecule has 0 amide bonds. The molecule has 0 aliphatic rings. The molecule has 0 atom stereocenters. The lowest BCUT2D eigenvalue weighted by Crippen LogP contribution is -2.43. The second-order valence-electron chi connectivity index (χ2n) is 18.3. The summed E-state index contributed by atoms with van der Waals surface area (Å²) in [5.74, 6) is 31.5. The van der Waals surface area contributed by atoms with Crippen LogP contribution in [0.1, 0.15) is 158 Å². The van der Waals surface area contributed by atoms with Crippen LogP contribution < -0.4 is 0 Å². The molecule has 0 aliphatic carbocycles. The van der Waals surface area contributed by atoms with Crippen LogP contribution in [0.4, 0.5) is 0 Å². The lowest BCUT2D eigenvalue weighted by Gasteiger charge is -2.38. The summed E-state index contributed by atoms with van der Waals surface area (Å²) in [5.41, 5.74) is 17.5. The molecule has 0 saturated heterocycles. The van der Waals surface area contributed by atoms with Gasteiger partial charge in [0.25, 0.3) is 0 Å². The SMILES string of the molecule is CC(C)[Si](C#Cc1cc(C(C)(C)C)ccc1C#CC#CC#CC#Cc1ccc(C(C)(C)C)cc1C#C[Si](C(C)C)(C(C)C)C(C)C)(C(C)C)C(C)C. The van der Waals surface area contributed by atoms with Crippen LogP contribution in [0.5, 0.6) is 0 Å². The fraction of sp³-hybridized carbons (Fsp3) is 0.520. The van der Waals surface area contributed by atoms with Crippen molar-refractivity contribution in [2.75, 3.05) is 0 Å². The maximum absolute atomic E-state index is 3.89. The van der Waals surface area contributed by atoms with Crippen LogP contribution in [-0.4, -0.2) is 16.1 Å². The van der Waals surface area contributed by atoms with Gasteiger partial charge in [0.1, 0.15) is 16.1 Å². The van der Waals surface area contributed by atoms with Gasteiger partial charge in [-0.25, -0.2) is 0 Å². The Balaban J connectivity index is 2.55. The molecule has 2 aromatic rings. The van der Waals surface area contributed by atoms with E-state index in [1.807, 2.05) is 0 Å². The molecule has 0 aliphatic heterocycles. The van der Waals surface area contributed by atoms with Crippen molar-refractivity contribution >= 4 is 16.1 Å². The molecule has 0 radical (unpaired) electrons. The van der Waals surface area contributed by atoms with Gasteiger partial charge in [0.15, 0.2) is 0 Å². The molecule has 0 aromatic heterocycles. The summed E-state index contributed by atoms with van der Waals surface area (Å²) in [6, 6.07) is 13.0. The number of hydrogen-bond acceptors (Lipinski definition) is 0. The highest BCUT2D eigenvalue weighted by atomic mass is 28.3. The average Bonchev–Trinajstić information content (AvgIpc) is 3.01. The van der Waals surface area contributed by atoms with Gasteiger partial charge in [-0.3, -0.25) is 0 Å². The summed E-state index contributed by atoms with van der Waals surface area (Å²) in [4.78, 5) is 0. The first-order chi connectivity index (χ1) is 24.0. The maximum Gasteiger partial charge on any atom is 0.146 e. The minimum absolute atomic E-state index is 0.0199. The topological polar surface area (TPSA) is 0 Å². The zero-order chi connectivity index (χ0) is 39.7. The molecule has 0 bridgehead atoms. The first-order valence-electron chi connectivity index (χ1n) is 19.4. The normalized spacial score (nSPS) is 11.8. The van der Waals surface area contributed by atoms with E-state index in [4.69, 9.17) is 0 Å². The molecule has 0 N–H and O–H groups in total. The predicted molar refractivity (Wildman–Crippen MR) is 235 cm³/mol. The first-order valence-corrected chi connectivity index (χ1v) is 23.9. The van der Waals surface area contributed by atoms with Crippen molar-refractivity contribution in [3.05, 3.63) is 69.8 Å². The second-order valence-corrected chi connectivity index (χ2v) is 29.5. The Bertz CT molecular complexity index is 1760. The molecule has 0 heterocycles. The quantitative estimate of drug-likeness (QED) is 0.206. The van der Waals surface area contributed by atoms with E-state index < -0.39 is 16.1 Å². The van der Waals surface area contributed by atoms with Crippen molar-refractivity contribution in [3.8, 4) is 70.3 Å². The van der Waals surface area contributed by atoms with Crippen LogP contribution in [0.2, 0.25) is 33.2 Å². The van der Waals surface area contributed by atoms with Gasteiger partial charge in [0, 0.05) is 22.3 Å². The van der Waals surface area contributed by atoms with Crippen LogP contribution in [-0.2, 0) is 10.8 Å². The fourth-order valence-corrected chi connectivity index (χ4v) is 18.4. The predicted octanol–water partition coefficient (Wildman–Crippen LogP) is 12.8. The number of benzene rings is 2. The lowest BCUT2D eigenvalue weighted by atomic mass is 9.85. The summed E-state index contributed by atoms with van der Waals surface area (Å²) >= 11 is 0. The van der Waals surface area contributed by atoms with Crippen LogP contribution in [0.3, 0.4) is 0 Å². The van der Waals surface area contributed by atoms with Gasteiger partial charge in [-0.05, 0) is 115 Å². The molecule has 0 nitrogen and oxygen atoms in total. The fourth-order valence-electron chi connectivity index (χ4n) is 7.99. The highest BCUT2D eigenvalue weighted by molar-refractivity contribution is 6.91. The molecular formula is C50H66Si2. The van der Waals surface area contributed by atoms with Crippen LogP contribution in [0.15, 0.2) is 36.4 Å². The first kappa shape index (κ1) is 44.4. The summed E-state index contributed by atoms with van der Waals surface area (Å²) < 4.78 is 0. The molecule has 2 rings (SSSR count). The van der Waals surface area contributed by atoms with Gasteiger partial charge in [-0.15, -0.1) is 11.1 Å². The monoisotopic (exact) mass is 722 g/mol. The van der Waals surface area contributed by atoms with Crippen molar-refractivity contribution in [2.45, 2.75) is 169 Å². The molecule has 0 unspecified atom stereocenters. The van der Waals surface area contributed by atoms with E-state index in [1.54, 1.807) is 0 Å². The Labute approximate surface area is 323 Å². The largest absolute Gasteiger partial charge is 0.146 e. The minimum Gasteiger partial charge on any atom is -0.125 e. The van der Waals surface area contributed by atoms with Crippen molar-refractivity contribution in [3.63, 3.8) is 0 Å². The van der Waals surface area contributed by atoms with Crippen molar-refractivity contribution < 1.29 is 0 Å². The van der Waals surface area contributed by atoms with E-state index in [1.165, 1.54) is 11.1 Å². The number of hydrogen-bond donors (Lipinski definition) is 0. The zero-order valence-corrected chi connectivity index (χ0v) is 37.9. The van der Waals surface area contributed by atoms with E-state index in [0.29, 0.717) is 33.2 Å². The van der Waals surface area contributed by atoms with E-state index >= 15 is 0 Å². The summed E-state index contributed by atoms with van der Waals surface area (Å²) in [6.45, 7) is 41.6. The molecule has 2 aromatic carbocycles. The van der Waals surface area contributed by atoms with Gasteiger partial charge in [-0.2, -0.15) is 0 Å². The minimum atomic E-state index is -1.89. The van der Waals surface area contributed by atoms with Crippen molar-refractivity contribution in [1.29, 1.82) is 0 Å². The second kappa shape index (κ2) is 18.3. The van der Waals surface area contributed by atoms with E-state index in [9.17, 15) is 0 Å². The van der Waals surface area contributed by atoms with Crippen LogP contribution in [0, 0.1) is 70.3 Å². The van der Waals surface area contributed by atoms with E-state index in [-0.39, 0.29) is 10.8 Å². The Morgan fingerprint density at radius 2 is 0.635 bits per heavy atom. The Kier molecular flexibility index (Phi) is 15.6. The average molecular weight is 723 g/mol. The Morgan fingerprint density at radius 1 is 0.365 bits per heavy atom. The molecule has 52 heavy (non-hydrogen) atoms. The van der Waals surface area contributed by atoms with Crippen molar-refractivity contribution in [1.82, 2.24) is 0 Å². The Hall–Kier alpha value is -3.77. The Morgan fingerprint density at radius 3 is 0.885 bits per heavy atom. The third kappa shape index (κ3) is 10.9. The third-order valence-corrected chi connectivity index (χ3v) is 23.6. The summed E-state index contributed by atoms with van der Waals surface area (Å²) in [5, 5.41) is 0. The van der Waals surface area contributed by atoms with E-state index in [2.05, 4.69) is 231 Å². The standard InChI is InChI=1S/C50H66Si2/c1-37(2)51(38(3)4,39(5)6)33-31-45-35-47(49(13,14)15)29-27-43(45)25-23-21-19-20-22-24-26-44-28-30-48(50(16,17)18)36-46(44)32-34-52(40(7)8,41(9)10)42(11)12/h27-30,35-42H,1-18H3. The summed E-state index contributed by atoms with van der Waals surface area (Å²) in [7, 11) is -3.79. The molecular weight excluding hydrogens is 657 g/mol. The van der Waals surface area contributed by atoms with Gasteiger partial charge in [0.05, 0.1) is 0 Å². The molecule has 2 heteroatoms. The van der Waals surface area contributed by atoms with Gasteiger partial charge >= 0.3 is 0 Å². The summed E-state index contributed by atoms with van der Waals surface area (Å²) in [6.07, 6.45) is 0. The zero-order valence-electron chi connectivity index (χ0n) is 35.9. The molecule has 274 valence electrons. The lowest BCUT2D eigenvalue weighted by molar-refractivity contribution is 0.590. The maximum atomic E-state index is 3.89. The smallest absolute Gasteiger partial charge is 0.125 e. The highest BCUT2D eigenvalue weighted by Gasteiger charge is 2.42. The third-order valence-electron chi connectivity index (χ3n) is 11.0. The van der Waals surface area contributed by atoms with E-state index in [0.717, 1.165) is 22.3 Å². The molecule has 0 spiro atoms. The van der Waals surface area contributed by atoms with Gasteiger partial charge in [0.2, 0.25) is 0 Å². The van der Waals surface area contributed by atoms with Crippen LogP contribution >= 0.6 is 0 Å². The van der Waals surface area contributed by atoms with Gasteiger partial charge < -0.3 is 0 Å². The molecule has 0 saturated carbocycles. The van der Waals surface area contributed by atoms with Gasteiger partial charge in [-0.1, -0.05) is 160 Å². The van der Waals surface area contributed by atoms with Crippen LogP contribution in [0.25, 0.3) is 0 Å². The molecule has 0 fully saturated rings.